The molecule has 2 unspecified atom stereocenters. The molecule has 0 saturated carbocycles. The van der Waals surface area contributed by atoms with Gasteiger partial charge in [-0.05, 0) is 38.3 Å². The van der Waals surface area contributed by atoms with Crippen LogP contribution >= 0.6 is 0 Å². The first kappa shape index (κ1) is 12.5. The molecule has 0 aliphatic carbocycles. The molecule has 0 bridgehead atoms. The van der Waals surface area contributed by atoms with Crippen LogP contribution in [-0.2, 0) is 11.2 Å². The maximum atomic E-state index is 5.28. The molecule has 1 saturated heterocycles. The van der Waals surface area contributed by atoms with Crippen molar-refractivity contribution in [1.82, 2.24) is 15.5 Å². The predicted octanol–water partition coefficient (Wildman–Crippen LogP) is 1.71. The van der Waals surface area contributed by atoms with Gasteiger partial charge < -0.3 is 14.6 Å². The van der Waals surface area contributed by atoms with Crippen molar-refractivity contribution in [3.63, 3.8) is 0 Å². The van der Waals surface area contributed by atoms with Crippen LogP contribution < -0.4 is 5.32 Å². The number of rotatable bonds is 6. The SMILES string of the molecule is CCC(OC)c1noc(CCC2CCNC2)n1. The second-order valence-corrected chi connectivity index (χ2v) is 4.58. The number of nitrogens with one attached hydrogen (secondary N) is 1. The van der Waals surface area contributed by atoms with Crippen molar-refractivity contribution in [2.75, 3.05) is 20.2 Å². The first-order valence-electron chi connectivity index (χ1n) is 6.39. The van der Waals surface area contributed by atoms with Gasteiger partial charge in [-0.15, -0.1) is 0 Å². The molecular weight excluding hydrogens is 218 g/mol. The number of hydrogen-bond acceptors (Lipinski definition) is 5. The van der Waals surface area contributed by atoms with E-state index in [9.17, 15) is 0 Å². The molecule has 5 nitrogen and oxygen atoms in total. The molecule has 1 N–H and O–H groups in total. The van der Waals surface area contributed by atoms with Gasteiger partial charge in [-0.2, -0.15) is 4.98 Å². The number of ether oxygens (including phenoxy) is 1. The summed E-state index contributed by atoms with van der Waals surface area (Å²) >= 11 is 0. The summed E-state index contributed by atoms with van der Waals surface area (Å²) in [5.74, 6) is 2.17. The summed E-state index contributed by atoms with van der Waals surface area (Å²) in [4.78, 5) is 4.39. The van der Waals surface area contributed by atoms with E-state index >= 15 is 0 Å². The summed E-state index contributed by atoms with van der Waals surface area (Å²) in [7, 11) is 1.67. The summed E-state index contributed by atoms with van der Waals surface area (Å²) in [5.41, 5.74) is 0. The molecule has 2 atom stereocenters. The van der Waals surface area contributed by atoms with Crippen LogP contribution in [0.4, 0.5) is 0 Å². The third-order valence-corrected chi connectivity index (χ3v) is 3.36. The van der Waals surface area contributed by atoms with Crippen LogP contribution in [0, 0.1) is 5.92 Å². The number of nitrogens with zero attached hydrogens (tertiary/aromatic N) is 2. The van der Waals surface area contributed by atoms with Crippen LogP contribution in [0.15, 0.2) is 4.52 Å². The molecule has 96 valence electrons. The van der Waals surface area contributed by atoms with Gasteiger partial charge in [0.1, 0.15) is 6.10 Å². The van der Waals surface area contributed by atoms with Gasteiger partial charge in [-0.25, -0.2) is 0 Å². The summed E-state index contributed by atoms with van der Waals surface area (Å²) in [5, 5.41) is 7.34. The quantitative estimate of drug-likeness (QED) is 0.819. The van der Waals surface area contributed by atoms with E-state index in [4.69, 9.17) is 9.26 Å². The van der Waals surface area contributed by atoms with Crippen LogP contribution in [0.2, 0.25) is 0 Å². The van der Waals surface area contributed by atoms with Gasteiger partial charge in [0.25, 0.3) is 0 Å². The van der Waals surface area contributed by atoms with E-state index in [1.165, 1.54) is 6.42 Å². The highest BCUT2D eigenvalue weighted by molar-refractivity contribution is 4.91. The summed E-state index contributed by atoms with van der Waals surface area (Å²) in [6.07, 6.45) is 4.08. The van der Waals surface area contributed by atoms with Crippen molar-refractivity contribution in [2.24, 2.45) is 5.92 Å². The predicted molar refractivity (Wildman–Crippen MR) is 63.6 cm³/mol. The zero-order valence-electron chi connectivity index (χ0n) is 10.6. The normalized spacial score (nSPS) is 21.9. The third-order valence-electron chi connectivity index (χ3n) is 3.36. The molecule has 2 rings (SSSR count). The Morgan fingerprint density at radius 2 is 2.47 bits per heavy atom. The van der Waals surface area contributed by atoms with Gasteiger partial charge >= 0.3 is 0 Å². The number of hydrogen-bond donors (Lipinski definition) is 1. The third kappa shape index (κ3) is 3.26. The minimum atomic E-state index is -0.0411. The summed E-state index contributed by atoms with van der Waals surface area (Å²) in [6, 6.07) is 0. The van der Waals surface area contributed by atoms with Gasteiger partial charge in [0, 0.05) is 13.5 Å². The van der Waals surface area contributed by atoms with Crippen LogP contribution in [0.25, 0.3) is 0 Å². The maximum Gasteiger partial charge on any atom is 0.226 e. The number of aryl methyl sites for hydroxylation is 1. The Morgan fingerprint density at radius 3 is 3.12 bits per heavy atom. The highest BCUT2D eigenvalue weighted by Crippen LogP contribution is 2.19. The molecule has 1 aliphatic heterocycles. The van der Waals surface area contributed by atoms with Crippen molar-refractivity contribution in [3.05, 3.63) is 11.7 Å². The first-order valence-corrected chi connectivity index (χ1v) is 6.39. The van der Waals surface area contributed by atoms with Gasteiger partial charge in [0.2, 0.25) is 11.7 Å². The van der Waals surface area contributed by atoms with Crippen LogP contribution in [-0.4, -0.2) is 30.3 Å². The van der Waals surface area contributed by atoms with Crippen molar-refractivity contribution in [3.8, 4) is 0 Å². The fourth-order valence-electron chi connectivity index (χ4n) is 2.24. The molecule has 1 aliphatic rings. The maximum absolute atomic E-state index is 5.28. The Labute approximate surface area is 102 Å². The van der Waals surface area contributed by atoms with E-state index in [1.54, 1.807) is 7.11 Å². The zero-order valence-corrected chi connectivity index (χ0v) is 10.6. The van der Waals surface area contributed by atoms with Crippen LogP contribution in [0.5, 0.6) is 0 Å². The lowest BCUT2D eigenvalue weighted by atomic mass is 10.0. The average molecular weight is 239 g/mol. The molecule has 0 amide bonds. The molecule has 0 aromatic carbocycles. The Hall–Kier alpha value is -0.940. The monoisotopic (exact) mass is 239 g/mol. The average Bonchev–Trinajstić information content (AvgIpc) is 2.99. The van der Waals surface area contributed by atoms with E-state index in [0.29, 0.717) is 5.82 Å². The molecular formula is C12H21N3O2. The molecule has 1 aromatic heterocycles. The Bertz CT molecular complexity index is 330. The highest BCUT2D eigenvalue weighted by Gasteiger charge is 2.18. The second-order valence-electron chi connectivity index (χ2n) is 4.58. The summed E-state index contributed by atoms with van der Waals surface area (Å²) in [6.45, 7) is 4.31. The van der Waals surface area contributed by atoms with E-state index in [-0.39, 0.29) is 6.10 Å². The lowest BCUT2D eigenvalue weighted by Crippen LogP contribution is -2.09. The fourth-order valence-corrected chi connectivity index (χ4v) is 2.24. The molecule has 1 aromatic rings. The van der Waals surface area contributed by atoms with Crippen molar-refractivity contribution >= 4 is 0 Å². The van der Waals surface area contributed by atoms with Crippen molar-refractivity contribution in [1.29, 1.82) is 0 Å². The Kier molecular flexibility index (Phi) is 4.50. The summed E-state index contributed by atoms with van der Waals surface area (Å²) < 4.78 is 10.5. The first-order chi connectivity index (χ1) is 8.33. The van der Waals surface area contributed by atoms with E-state index in [0.717, 1.165) is 44.2 Å². The Morgan fingerprint density at radius 1 is 1.59 bits per heavy atom. The van der Waals surface area contributed by atoms with Gasteiger partial charge in [-0.1, -0.05) is 12.1 Å². The topological polar surface area (TPSA) is 60.2 Å². The standard InChI is InChI=1S/C12H21N3O2/c1-3-10(16-2)12-14-11(17-15-12)5-4-9-6-7-13-8-9/h9-10,13H,3-8H2,1-2H3. The van der Waals surface area contributed by atoms with E-state index < -0.39 is 0 Å². The second kappa shape index (κ2) is 6.12. The molecule has 17 heavy (non-hydrogen) atoms. The van der Waals surface area contributed by atoms with Crippen LogP contribution in [0.1, 0.15) is 44.0 Å². The molecule has 1 fully saturated rings. The van der Waals surface area contributed by atoms with E-state index in [2.05, 4.69) is 15.5 Å². The molecule has 0 radical (unpaired) electrons. The Balaban J connectivity index is 1.84. The van der Waals surface area contributed by atoms with Crippen LogP contribution in [0.3, 0.4) is 0 Å². The van der Waals surface area contributed by atoms with Crippen molar-refractivity contribution in [2.45, 2.75) is 38.7 Å². The van der Waals surface area contributed by atoms with Gasteiger partial charge in [-0.3, -0.25) is 0 Å². The molecule has 5 heteroatoms. The lowest BCUT2D eigenvalue weighted by molar-refractivity contribution is 0.0903. The molecule has 0 spiro atoms. The van der Waals surface area contributed by atoms with Crippen molar-refractivity contribution < 1.29 is 9.26 Å². The van der Waals surface area contributed by atoms with Gasteiger partial charge in [0.15, 0.2) is 0 Å². The highest BCUT2D eigenvalue weighted by atomic mass is 16.5. The zero-order chi connectivity index (χ0) is 12.1. The smallest absolute Gasteiger partial charge is 0.226 e. The van der Waals surface area contributed by atoms with E-state index in [1.807, 2.05) is 6.92 Å². The number of aromatic nitrogens is 2. The molecule has 2 heterocycles. The minimum absolute atomic E-state index is 0.0411. The van der Waals surface area contributed by atoms with Gasteiger partial charge in [0.05, 0.1) is 0 Å². The largest absolute Gasteiger partial charge is 0.373 e. The fraction of sp³-hybridized carbons (Fsp3) is 0.833. The number of methoxy groups -OCH3 is 1. The lowest BCUT2D eigenvalue weighted by Gasteiger charge is -2.06. The minimum Gasteiger partial charge on any atom is -0.373 e.